The standard InChI is InChI=1S/C17H15ClN4O2S/c1-2-24-15-9-11(7-8-14(15)23)10-19-22-16(20-21-17(22)25)12-5-3-4-6-13(12)18/h3-10,23H,2H2,1H3,(H,21,25). The summed E-state index contributed by atoms with van der Waals surface area (Å²) in [6, 6.07) is 12.3. The lowest BCUT2D eigenvalue weighted by Crippen LogP contribution is -1.96. The molecular weight excluding hydrogens is 360 g/mol. The van der Waals surface area contributed by atoms with Gasteiger partial charge in [-0.3, -0.25) is 0 Å². The molecule has 0 fully saturated rings. The maximum atomic E-state index is 9.76. The third-order valence-electron chi connectivity index (χ3n) is 3.37. The Morgan fingerprint density at radius 2 is 2.16 bits per heavy atom. The van der Waals surface area contributed by atoms with Gasteiger partial charge in [0, 0.05) is 5.56 Å². The van der Waals surface area contributed by atoms with E-state index in [0.29, 0.717) is 28.0 Å². The predicted molar refractivity (Wildman–Crippen MR) is 100 cm³/mol. The van der Waals surface area contributed by atoms with E-state index in [1.165, 1.54) is 4.68 Å². The monoisotopic (exact) mass is 374 g/mol. The molecule has 2 N–H and O–H groups in total. The maximum Gasteiger partial charge on any atom is 0.216 e. The van der Waals surface area contributed by atoms with Crippen molar-refractivity contribution in [3.05, 3.63) is 57.8 Å². The van der Waals surface area contributed by atoms with Crippen LogP contribution in [-0.4, -0.2) is 32.8 Å². The van der Waals surface area contributed by atoms with E-state index in [-0.39, 0.29) is 5.75 Å². The number of phenols is 1. The number of nitrogens with one attached hydrogen (secondary N) is 1. The molecule has 0 aliphatic carbocycles. The number of H-pyrrole nitrogens is 1. The zero-order valence-electron chi connectivity index (χ0n) is 13.3. The number of rotatable bonds is 5. The van der Waals surface area contributed by atoms with Crippen LogP contribution in [0.1, 0.15) is 12.5 Å². The average molecular weight is 375 g/mol. The third kappa shape index (κ3) is 3.72. The first-order valence-corrected chi connectivity index (χ1v) is 8.31. The van der Waals surface area contributed by atoms with Gasteiger partial charge in [-0.05, 0) is 55.0 Å². The van der Waals surface area contributed by atoms with Gasteiger partial charge in [0.2, 0.25) is 4.77 Å². The number of ether oxygens (including phenoxy) is 1. The SMILES string of the molecule is CCOc1cc(C=Nn2c(-c3ccccc3Cl)n[nH]c2=S)ccc1O. The molecule has 0 spiro atoms. The minimum atomic E-state index is 0.0793. The summed E-state index contributed by atoms with van der Waals surface area (Å²) in [7, 11) is 0. The van der Waals surface area contributed by atoms with Gasteiger partial charge < -0.3 is 9.84 Å². The second-order valence-electron chi connectivity index (χ2n) is 5.05. The van der Waals surface area contributed by atoms with Crippen molar-refractivity contribution in [2.75, 3.05) is 6.61 Å². The van der Waals surface area contributed by atoms with E-state index >= 15 is 0 Å². The zero-order chi connectivity index (χ0) is 17.8. The van der Waals surface area contributed by atoms with Crippen LogP contribution in [0.5, 0.6) is 11.5 Å². The van der Waals surface area contributed by atoms with Crippen molar-refractivity contribution in [3.8, 4) is 22.9 Å². The number of hydrogen-bond donors (Lipinski definition) is 2. The molecule has 0 aliphatic heterocycles. The van der Waals surface area contributed by atoms with E-state index in [1.54, 1.807) is 30.5 Å². The Hall–Kier alpha value is -2.64. The summed E-state index contributed by atoms with van der Waals surface area (Å²) in [6.07, 6.45) is 1.60. The van der Waals surface area contributed by atoms with E-state index in [1.807, 2.05) is 25.1 Å². The average Bonchev–Trinajstić information content (AvgIpc) is 2.97. The summed E-state index contributed by atoms with van der Waals surface area (Å²) in [4.78, 5) is 0. The van der Waals surface area contributed by atoms with Crippen LogP contribution in [0.3, 0.4) is 0 Å². The number of phenolic OH excluding ortho intramolecular Hbond substituents is 1. The van der Waals surface area contributed by atoms with Crippen LogP contribution in [0.2, 0.25) is 5.02 Å². The Bertz CT molecular complexity index is 981. The lowest BCUT2D eigenvalue weighted by atomic mass is 10.2. The first kappa shape index (κ1) is 17.2. The molecule has 8 heteroatoms. The van der Waals surface area contributed by atoms with E-state index in [9.17, 15) is 5.11 Å². The second-order valence-corrected chi connectivity index (χ2v) is 5.84. The van der Waals surface area contributed by atoms with Crippen LogP contribution in [0.25, 0.3) is 11.4 Å². The fourth-order valence-electron chi connectivity index (χ4n) is 2.22. The van der Waals surface area contributed by atoms with Crippen LogP contribution in [-0.2, 0) is 0 Å². The molecule has 25 heavy (non-hydrogen) atoms. The Morgan fingerprint density at radius 3 is 2.92 bits per heavy atom. The Balaban J connectivity index is 1.98. The highest BCUT2D eigenvalue weighted by Crippen LogP contribution is 2.27. The van der Waals surface area contributed by atoms with Crippen molar-refractivity contribution in [2.45, 2.75) is 6.92 Å². The highest BCUT2D eigenvalue weighted by atomic mass is 35.5. The minimum absolute atomic E-state index is 0.0793. The molecule has 3 aromatic rings. The van der Waals surface area contributed by atoms with Crippen molar-refractivity contribution in [2.24, 2.45) is 5.10 Å². The molecule has 1 aromatic heterocycles. The van der Waals surface area contributed by atoms with Crippen LogP contribution >= 0.6 is 23.8 Å². The van der Waals surface area contributed by atoms with Crippen LogP contribution in [0.15, 0.2) is 47.6 Å². The molecule has 3 rings (SSSR count). The summed E-state index contributed by atoms with van der Waals surface area (Å²) in [5.74, 6) is 0.986. The topological polar surface area (TPSA) is 75.4 Å². The fraction of sp³-hybridized carbons (Fsp3) is 0.118. The van der Waals surface area contributed by atoms with Crippen molar-refractivity contribution in [3.63, 3.8) is 0 Å². The Kier molecular flexibility index (Phi) is 5.16. The molecule has 0 atom stereocenters. The third-order valence-corrected chi connectivity index (χ3v) is 3.96. The summed E-state index contributed by atoms with van der Waals surface area (Å²) in [6.45, 7) is 2.30. The number of hydrogen-bond acceptors (Lipinski definition) is 5. The molecule has 0 bridgehead atoms. The molecule has 0 amide bonds. The molecule has 0 radical (unpaired) electrons. The summed E-state index contributed by atoms with van der Waals surface area (Å²) < 4.78 is 7.20. The number of halogens is 1. The fourth-order valence-corrected chi connectivity index (χ4v) is 2.62. The number of aromatic hydroxyl groups is 1. The molecule has 0 saturated heterocycles. The zero-order valence-corrected chi connectivity index (χ0v) is 14.9. The normalized spacial score (nSPS) is 11.1. The van der Waals surface area contributed by atoms with Gasteiger partial charge in [0.15, 0.2) is 17.3 Å². The highest BCUT2D eigenvalue weighted by molar-refractivity contribution is 7.71. The van der Waals surface area contributed by atoms with Gasteiger partial charge in [0.25, 0.3) is 0 Å². The minimum Gasteiger partial charge on any atom is -0.504 e. The van der Waals surface area contributed by atoms with Crippen LogP contribution in [0.4, 0.5) is 0 Å². The molecule has 1 heterocycles. The molecule has 2 aromatic carbocycles. The van der Waals surface area contributed by atoms with Gasteiger partial charge in [-0.2, -0.15) is 14.9 Å². The van der Waals surface area contributed by atoms with Crippen molar-refractivity contribution < 1.29 is 9.84 Å². The molecule has 6 nitrogen and oxygen atoms in total. The largest absolute Gasteiger partial charge is 0.504 e. The maximum absolute atomic E-state index is 9.76. The second kappa shape index (κ2) is 7.50. The predicted octanol–water partition coefficient (Wildman–Crippen LogP) is 4.25. The van der Waals surface area contributed by atoms with Crippen molar-refractivity contribution in [1.82, 2.24) is 14.9 Å². The molecule has 0 aliphatic rings. The first-order chi connectivity index (χ1) is 12.1. The lowest BCUT2D eigenvalue weighted by molar-refractivity contribution is 0.318. The van der Waals surface area contributed by atoms with Crippen LogP contribution < -0.4 is 4.74 Å². The first-order valence-electron chi connectivity index (χ1n) is 7.52. The van der Waals surface area contributed by atoms with Gasteiger partial charge >= 0.3 is 0 Å². The van der Waals surface area contributed by atoms with Crippen molar-refractivity contribution in [1.29, 1.82) is 0 Å². The van der Waals surface area contributed by atoms with E-state index in [2.05, 4.69) is 15.3 Å². The molecule has 0 unspecified atom stereocenters. The molecule has 128 valence electrons. The number of aromatic amines is 1. The van der Waals surface area contributed by atoms with Gasteiger partial charge in [-0.25, -0.2) is 5.10 Å². The smallest absolute Gasteiger partial charge is 0.216 e. The van der Waals surface area contributed by atoms with Gasteiger partial charge in [-0.15, -0.1) is 0 Å². The highest BCUT2D eigenvalue weighted by Gasteiger charge is 2.11. The van der Waals surface area contributed by atoms with Crippen LogP contribution in [0, 0.1) is 4.77 Å². The van der Waals surface area contributed by atoms with E-state index in [0.717, 1.165) is 11.1 Å². The molecular formula is C17H15ClN4O2S. The van der Waals surface area contributed by atoms with E-state index < -0.39 is 0 Å². The van der Waals surface area contributed by atoms with Crippen molar-refractivity contribution >= 4 is 30.0 Å². The number of benzene rings is 2. The number of nitrogens with zero attached hydrogens (tertiary/aromatic N) is 3. The lowest BCUT2D eigenvalue weighted by Gasteiger charge is -2.06. The Labute approximate surface area is 154 Å². The summed E-state index contributed by atoms with van der Waals surface area (Å²) >= 11 is 11.5. The summed E-state index contributed by atoms with van der Waals surface area (Å²) in [5.41, 5.74) is 1.46. The molecule has 0 saturated carbocycles. The summed E-state index contributed by atoms with van der Waals surface area (Å²) in [5, 5.41) is 21.6. The van der Waals surface area contributed by atoms with Gasteiger partial charge in [-0.1, -0.05) is 23.7 Å². The number of aromatic nitrogens is 3. The van der Waals surface area contributed by atoms with Gasteiger partial charge in [0.05, 0.1) is 17.8 Å². The quantitative estimate of drug-likeness (QED) is 0.517. The van der Waals surface area contributed by atoms with E-state index in [4.69, 9.17) is 28.6 Å². The van der Waals surface area contributed by atoms with Gasteiger partial charge in [0.1, 0.15) is 0 Å². The Morgan fingerprint density at radius 1 is 1.36 bits per heavy atom.